The molecule has 1 fully saturated rings. The van der Waals surface area contributed by atoms with Crippen LogP contribution < -0.4 is 15.4 Å². The quantitative estimate of drug-likeness (QED) is 0.767. The molecule has 18 heavy (non-hydrogen) atoms. The van der Waals surface area contributed by atoms with E-state index in [1.807, 2.05) is 0 Å². The van der Waals surface area contributed by atoms with Gasteiger partial charge in [0, 0.05) is 6.04 Å². The predicted octanol–water partition coefficient (Wildman–Crippen LogP) is 1.05. The summed E-state index contributed by atoms with van der Waals surface area (Å²) in [5.74, 6) is -0.290. The third kappa shape index (κ3) is 1.72. The molecule has 2 amide bonds. The molecule has 0 bridgehead atoms. The van der Waals surface area contributed by atoms with Crippen molar-refractivity contribution in [2.24, 2.45) is 0 Å². The van der Waals surface area contributed by atoms with Gasteiger partial charge in [-0.3, -0.25) is 9.59 Å². The van der Waals surface area contributed by atoms with Crippen LogP contribution in [0.25, 0.3) is 0 Å². The van der Waals surface area contributed by atoms with E-state index in [2.05, 4.69) is 10.6 Å². The maximum atomic E-state index is 12.1. The molecule has 1 atom stereocenters. The highest BCUT2D eigenvalue weighted by molar-refractivity contribution is 6.15. The fourth-order valence-electron chi connectivity index (χ4n) is 1.87. The van der Waals surface area contributed by atoms with Gasteiger partial charge in [-0.1, -0.05) is 12.1 Å². The zero-order chi connectivity index (χ0) is 12.8. The number of hydrogen-bond donors (Lipinski definition) is 2. The third-order valence-corrected chi connectivity index (χ3v) is 3.23. The average Bonchev–Trinajstić information content (AvgIpc) is 3.14. The van der Waals surface area contributed by atoms with Crippen LogP contribution in [0.4, 0.5) is 5.69 Å². The number of fused-ring (bicyclic) bond motifs is 1. The van der Waals surface area contributed by atoms with E-state index < -0.39 is 11.5 Å². The van der Waals surface area contributed by atoms with Crippen molar-refractivity contribution in [2.45, 2.75) is 31.4 Å². The molecule has 1 saturated carbocycles. The van der Waals surface area contributed by atoms with Crippen LogP contribution in [-0.2, 0) is 9.59 Å². The molecule has 1 aromatic rings. The van der Waals surface area contributed by atoms with Crippen molar-refractivity contribution in [3.63, 3.8) is 0 Å². The van der Waals surface area contributed by atoms with Gasteiger partial charge < -0.3 is 15.4 Å². The summed E-state index contributed by atoms with van der Waals surface area (Å²) >= 11 is 0. The number of nitrogens with one attached hydrogen (secondary N) is 2. The summed E-state index contributed by atoms with van der Waals surface area (Å²) in [5.41, 5.74) is -0.893. The first kappa shape index (κ1) is 11.1. The molecule has 0 saturated heterocycles. The Labute approximate surface area is 105 Å². The Bertz CT molecular complexity index is 525. The minimum absolute atomic E-state index is 0.197. The van der Waals surface area contributed by atoms with Gasteiger partial charge in [-0.2, -0.15) is 0 Å². The fraction of sp³-hybridized carbons (Fsp3) is 0.385. The van der Waals surface area contributed by atoms with E-state index in [1.54, 1.807) is 24.3 Å². The lowest BCUT2D eigenvalue weighted by Crippen LogP contribution is -2.59. The summed E-state index contributed by atoms with van der Waals surface area (Å²) in [6.45, 7) is 1.50. The van der Waals surface area contributed by atoms with Crippen LogP contribution in [0.2, 0.25) is 0 Å². The predicted molar refractivity (Wildman–Crippen MR) is 65.3 cm³/mol. The fourth-order valence-corrected chi connectivity index (χ4v) is 1.87. The number of carbonyl (C=O) groups is 2. The standard InChI is InChI=1S/C13H14N2O3/c1-13(11(16)14-8-6-7-8)12(17)15-9-4-2-3-5-10(9)18-13/h2-5,8H,6-7H2,1H3,(H,14,16)(H,15,17). The number of hydrogen-bond acceptors (Lipinski definition) is 3. The molecule has 5 heteroatoms. The van der Waals surface area contributed by atoms with Crippen LogP contribution in [0.3, 0.4) is 0 Å². The van der Waals surface area contributed by atoms with Crippen LogP contribution in [0.1, 0.15) is 19.8 Å². The van der Waals surface area contributed by atoms with Gasteiger partial charge in [0.2, 0.25) is 0 Å². The maximum Gasteiger partial charge on any atom is 0.278 e. The minimum atomic E-state index is -1.49. The van der Waals surface area contributed by atoms with E-state index in [1.165, 1.54) is 6.92 Å². The van der Waals surface area contributed by atoms with Gasteiger partial charge in [0.1, 0.15) is 5.75 Å². The molecule has 0 aromatic heterocycles. The van der Waals surface area contributed by atoms with Gasteiger partial charge in [-0.15, -0.1) is 0 Å². The van der Waals surface area contributed by atoms with Crippen LogP contribution in [0.15, 0.2) is 24.3 Å². The molecule has 0 spiro atoms. The maximum absolute atomic E-state index is 12.1. The molecule has 94 valence electrons. The van der Waals surface area contributed by atoms with Gasteiger partial charge >= 0.3 is 0 Å². The summed E-state index contributed by atoms with van der Waals surface area (Å²) in [5, 5.41) is 5.50. The molecule has 2 aliphatic rings. The number of rotatable bonds is 2. The second-order valence-corrected chi connectivity index (χ2v) is 4.83. The Balaban J connectivity index is 1.88. The molecule has 1 unspecified atom stereocenters. The first-order valence-corrected chi connectivity index (χ1v) is 6.00. The van der Waals surface area contributed by atoms with Crippen molar-refractivity contribution in [2.75, 3.05) is 5.32 Å². The summed E-state index contributed by atoms with van der Waals surface area (Å²) in [7, 11) is 0. The van der Waals surface area contributed by atoms with Crippen LogP contribution >= 0.6 is 0 Å². The number of para-hydroxylation sites is 2. The van der Waals surface area contributed by atoms with Crippen LogP contribution in [0, 0.1) is 0 Å². The largest absolute Gasteiger partial charge is 0.466 e. The highest BCUT2D eigenvalue weighted by atomic mass is 16.5. The Morgan fingerprint density at radius 2 is 2.17 bits per heavy atom. The van der Waals surface area contributed by atoms with E-state index in [4.69, 9.17) is 4.74 Å². The number of benzene rings is 1. The third-order valence-electron chi connectivity index (χ3n) is 3.23. The molecule has 1 aliphatic heterocycles. The SMILES string of the molecule is CC1(C(=O)NC2CC2)Oc2ccccc2NC1=O. The summed E-state index contributed by atoms with van der Waals surface area (Å²) < 4.78 is 5.60. The highest BCUT2D eigenvalue weighted by Gasteiger charge is 2.48. The van der Waals surface area contributed by atoms with Crippen LogP contribution in [-0.4, -0.2) is 23.5 Å². The van der Waals surface area contributed by atoms with Crippen molar-refractivity contribution in [3.05, 3.63) is 24.3 Å². The number of amides is 2. The minimum Gasteiger partial charge on any atom is -0.466 e. The molecule has 1 heterocycles. The van der Waals surface area contributed by atoms with Crippen LogP contribution in [0.5, 0.6) is 5.75 Å². The number of anilines is 1. The molecular weight excluding hydrogens is 232 g/mol. The Hall–Kier alpha value is -2.04. The first-order valence-electron chi connectivity index (χ1n) is 6.00. The van der Waals surface area contributed by atoms with Gasteiger partial charge in [0.05, 0.1) is 5.69 Å². The van der Waals surface area contributed by atoms with E-state index >= 15 is 0 Å². The van der Waals surface area contributed by atoms with Gasteiger partial charge in [0.15, 0.2) is 0 Å². The van der Waals surface area contributed by atoms with Crippen molar-refractivity contribution < 1.29 is 14.3 Å². The topological polar surface area (TPSA) is 67.4 Å². The van der Waals surface area contributed by atoms with Crippen molar-refractivity contribution in [3.8, 4) is 5.75 Å². The molecular formula is C13H14N2O3. The Kier molecular flexibility index (Phi) is 2.29. The molecule has 3 rings (SSSR count). The Morgan fingerprint density at radius 1 is 1.44 bits per heavy atom. The van der Waals surface area contributed by atoms with E-state index in [9.17, 15) is 9.59 Å². The van der Waals surface area contributed by atoms with Gasteiger partial charge in [-0.25, -0.2) is 0 Å². The number of carbonyl (C=O) groups excluding carboxylic acids is 2. The normalized spacial score (nSPS) is 25.7. The molecule has 1 aromatic carbocycles. The lowest BCUT2D eigenvalue weighted by atomic mass is 10.0. The Morgan fingerprint density at radius 3 is 2.89 bits per heavy atom. The lowest BCUT2D eigenvalue weighted by molar-refractivity contribution is -0.146. The lowest BCUT2D eigenvalue weighted by Gasteiger charge is -2.33. The number of ether oxygens (including phenoxy) is 1. The van der Waals surface area contributed by atoms with Crippen molar-refractivity contribution in [1.29, 1.82) is 0 Å². The smallest absolute Gasteiger partial charge is 0.278 e. The molecule has 1 aliphatic carbocycles. The van der Waals surface area contributed by atoms with E-state index in [0.29, 0.717) is 11.4 Å². The second kappa shape index (κ2) is 3.73. The van der Waals surface area contributed by atoms with Gasteiger partial charge in [0.25, 0.3) is 17.4 Å². The monoisotopic (exact) mass is 246 g/mol. The molecule has 2 N–H and O–H groups in total. The highest BCUT2D eigenvalue weighted by Crippen LogP contribution is 2.33. The van der Waals surface area contributed by atoms with Gasteiger partial charge in [-0.05, 0) is 31.9 Å². The second-order valence-electron chi connectivity index (χ2n) is 4.83. The summed E-state index contributed by atoms with van der Waals surface area (Å²) in [6, 6.07) is 7.27. The van der Waals surface area contributed by atoms with Crippen molar-refractivity contribution in [1.82, 2.24) is 5.32 Å². The first-order chi connectivity index (χ1) is 8.59. The molecule has 0 radical (unpaired) electrons. The zero-order valence-electron chi connectivity index (χ0n) is 10.0. The van der Waals surface area contributed by atoms with Crippen molar-refractivity contribution >= 4 is 17.5 Å². The summed E-state index contributed by atoms with van der Waals surface area (Å²) in [6.07, 6.45) is 1.94. The van der Waals surface area contributed by atoms with E-state index in [0.717, 1.165) is 12.8 Å². The zero-order valence-corrected chi connectivity index (χ0v) is 10.0. The summed E-state index contributed by atoms with van der Waals surface area (Å²) in [4.78, 5) is 24.1. The molecule has 5 nitrogen and oxygen atoms in total. The average molecular weight is 246 g/mol. The van der Waals surface area contributed by atoms with E-state index in [-0.39, 0.29) is 11.9 Å².